The van der Waals surface area contributed by atoms with Gasteiger partial charge in [0.25, 0.3) is 0 Å². The lowest BCUT2D eigenvalue weighted by Crippen LogP contribution is -2.23. The van der Waals surface area contributed by atoms with E-state index in [4.69, 9.17) is 72.2 Å². The van der Waals surface area contributed by atoms with Crippen molar-refractivity contribution in [1.82, 2.24) is 49.9 Å². The van der Waals surface area contributed by atoms with Gasteiger partial charge in [0.1, 0.15) is 0 Å². The molecule has 3 aromatic rings. The Labute approximate surface area is 406 Å². The van der Waals surface area contributed by atoms with E-state index >= 15 is 0 Å². The van der Waals surface area contributed by atoms with Crippen LogP contribution in [-0.2, 0) is 110 Å². The Morgan fingerprint density at radius 2 is 0.543 bits per heavy atom. The van der Waals surface area contributed by atoms with Crippen LogP contribution in [0.3, 0.4) is 0 Å². The Bertz CT molecular complexity index is 1560. The molecule has 28 nitrogen and oxygen atoms in total. The fraction of sp³-hybridized carbons (Fsp3) is 0.786. The summed E-state index contributed by atoms with van der Waals surface area (Å²) in [6.45, 7) is 11.4. The van der Waals surface area contributed by atoms with Crippen LogP contribution in [-0.4, -0.2) is 242 Å². The molecule has 0 aliphatic heterocycles. The van der Waals surface area contributed by atoms with Gasteiger partial charge in [0.2, 0.25) is 0 Å². The fourth-order valence-electron chi connectivity index (χ4n) is 5.65. The van der Waals surface area contributed by atoms with Crippen molar-refractivity contribution in [2.24, 2.45) is 0 Å². The first kappa shape index (κ1) is 59.6. The van der Waals surface area contributed by atoms with E-state index in [1.54, 1.807) is 14.0 Å². The molecule has 0 fully saturated rings. The van der Waals surface area contributed by atoms with Crippen LogP contribution in [0.25, 0.3) is 0 Å². The average Bonchev–Trinajstić information content (AvgIpc) is 4.11. The van der Waals surface area contributed by atoms with Gasteiger partial charge in [0, 0.05) is 38.2 Å². The van der Waals surface area contributed by atoms with Gasteiger partial charge in [-0.25, -0.2) is 14.0 Å². The zero-order chi connectivity index (χ0) is 50.0. The topological polar surface area (TPSA) is 318 Å². The highest BCUT2D eigenvalue weighted by Crippen LogP contribution is 2.11. The molecular weight excluding hydrogens is 933 g/mol. The van der Waals surface area contributed by atoms with Crippen molar-refractivity contribution in [3.05, 3.63) is 35.7 Å². The molecule has 0 saturated carbocycles. The summed E-state index contributed by atoms with van der Waals surface area (Å²) in [4.78, 5) is 33.6. The second-order valence-corrected chi connectivity index (χ2v) is 14.8. The van der Waals surface area contributed by atoms with Crippen LogP contribution in [0.15, 0.2) is 18.6 Å². The van der Waals surface area contributed by atoms with Crippen molar-refractivity contribution < 1.29 is 86.5 Å². The standard InChI is InChI=1S/C42H72N10O18/c53-40(54)1-7-59-13-19-65-25-28-68-22-16-62-10-4-50-34-37(43-46-50)31-49(32-38-35-51(47-44-38)5-11-63-17-23-69-29-26-66-20-14-60-8-2-41(55)56)33-39-36-52(48-45-39)6-12-64-18-24-70-30-27-67-21-15-61-9-3-42(57)58/h34-36H,1-33H2,(H,53,54)(H,55,56)(H,57,58). The monoisotopic (exact) mass is 1000 g/mol. The number of aromatic nitrogens is 9. The first-order chi connectivity index (χ1) is 34.3. The summed E-state index contributed by atoms with van der Waals surface area (Å²) in [7, 11) is 0. The number of aliphatic carboxylic acids is 3. The molecule has 398 valence electrons. The number of carbonyl (C=O) groups is 3. The second kappa shape index (κ2) is 41.0. The molecular formula is C42H72N10O18. The van der Waals surface area contributed by atoms with E-state index in [2.05, 4.69) is 35.8 Å². The third-order valence-electron chi connectivity index (χ3n) is 9.04. The first-order valence-electron chi connectivity index (χ1n) is 23.2. The van der Waals surface area contributed by atoms with Crippen molar-refractivity contribution in [2.45, 2.75) is 58.5 Å². The maximum atomic E-state index is 10.5. The molecule has 3 heterocycles. The molecule has 0 spiro atoms. The molecule has 0 aliphatic carbocycles. The molecule has 0 aromatic carbocycles. The lowest BCUT2D eigenvalue weighted by Gasteiger charge is -2.18. The van der Waals surface area contributed by atoms with Crippen molar-refractivity contribution in [1.29, 1.82) is 0 Å². The highest BCUT2D eigenvalue weighted by atomic mass is 16.6. The summed E-state index contributed by atoms with van der Waals surface area (Å²) in [5, 5.41) is 51.9. The van der Waals surface area contributed by atoms with Crippen molar-refractivity contribution in [2.75, 3.05) is 159 Å². The molecule has 28 heteroatoms. The van der Waals surface area contributed by atoms with E-state index < -0.39 is 17.9 Å². The van der Waals surface area contributed by atoms with Gasteiger partial charge in [-0.15, -0.1) is 15.3 Å². The Balaban J connectivity index is 1.35. The van der Waals surface area contributed by atoms with E-state index in [-0.39, 0.29) is 39.1 Å². The van der Waals surface area contributed by atoms with Gasteiger partial charge in [-0.05, 0) is 0 Å². The Morgan fingerprint density at radius 1 is 0.343 bits per heavy atom. The van der Waals surface area contributed by atoms with Gasteiger partial charge in [0.15, 0.2) is 0 Å². The van der Waals surface area contributed by atoms with E-state index in [1.807, 2.05) is 18.6 Å². The number of rotatable bonds is 51. The third-order valence-corrected chi connectivity index (χ3v) is 9.04. The van der Waals surface area contributed by atoms with Crippen molar-refractivity contribution >= 4 is 17.9 Å². The predicted octanol–water partition coefficient (Wildman–Crippen LogP) is -0.713. The average molecular weight is 1010 g/mol. The molecule has 0 radical (unpaired) electrons. The Hall–Kier alpha value is -4.69. The van der Waals surface area contributed by atoms with Crippen LogP contribution in [0.4, 0.5) is 0 Å². The van der Waals surface area contributed by atoms with Crippen molar-refractivity contribution in [3.63, 3.8) is 0 Å². The summed E-state index contributed by atoms with van der Waals surface area (Å²) in [5.74, 6) is -2.69. The highest BCUT2D eigenvalue weighted by molar-refractivity contribution is 5.67. The van der Waals surface area contributed by atoms with Crippen molar-refractivity contribution in [3.8, 4) is 0 Å². The van der Waals surface area contributed by atoms with Crippen LogP contribution in [0.2, 0.25) is 0 Å². The van der Waals surface area contributed by atoms with Crippen LogP contribution < -0.4 is 0 Å². The van der Waals surface area contributed by atoms with E-state index in [1.165, 1.54) is 0 Å². The SMILES string of the molecule is O=C(O)CCOCCOCCOCCOCCn1cc(CN(Cc2cn(CCOCCOCCOCCOCCC(=O)O)nn2)Cc2cn(CCOCCOCCOCCOCCC(=O)O)nn2)nn1. The van der Waals surface area contributed by atoms with Crippen LogP contribution >= 0.6 is 0 Å². The number of hydrogen-bond donors (Lipinski definition) is 3. The summed E-state index contributed by atoms with van der Waals surface area (Å²) in [5.41, 5.74) is 2.22. The summed E-state index contributed by atoms with van der Waals surface area (Å²) < 4.78 is 70.6. The first-order valence-corrected chi connectivity index (χ1v) is 23.2. The molecule has 3 N–H and O–H groups in total. The molecule has 0 atom stereocenters. The molecule has 0 saturated heterocycles. The molecule has 3 rings (SSSR count). The molecule has 70 heavy (non-hydrogen) atoms. The van der Waals surface area contributed by atoms with E-state index in [9.17, 15) is 14.4 Å². The minimum absolute atomic E-state index is 0.0341. The smallest absolute Gasteiger partial charge is 0.305 e. The number of carboxylic acids is 3. The minimum Gasteiger partial charge on any atom is -0.481 e. The summed E-state index contributed by atoms with van der Waals surface area (Å²) in [6, 6.07) is 0. The number of carboxylic acid groups (broad SMARTS) is 3. The van der Waals surface area contributed by atoms with Gasteiger partial charge in [0.05, 0.1) is 215 Å². The zero-order valence-corrected chi connectivity index (χ0v) is 40.0. The van der Waals surface area contributed by atoms with Gasteiger partial charge in [-0.3, -0.25) is 19.3 Å². The maximum absolute atomic E-state index is 10.5. The van der Waals surface area contributed by atoms with Gasteiger partial charge >= 0.3 is 17.9 Å². The number of nitrogens with zero attached hydrogens (tertiary/aromatic N) is 10. The molecule has 0 amide bonds. The molecule has 0 aliphatic rings. The van der Waals surface area contributed by atoms with Crippen LogP contribution in [0, 0.1) is 0 Å². The second-order valence-electron chi connectivity index (χ2n) is 14.8. The van der Waals surface area contributed by atoms with Crippen LogP contribution in [0.1, 0.15) is 36.3 Å². The zero-order valence-electron chi connectivity index (χ0n) is 40.0. The van der Waals surface area contributed by atoms with Gasteiger partial charge in [-0.1, -0.05) is 15.6 Å². The largest absolute Gasteiger partial charge is 0.481 e. The summed E-state index contributed by atoms with van der Waals surface area (Å²) >= 11 is 0. The normalized spacial score (nSPS) is 11.6. The Morgan fingerprint density at radius 3 is 0.757 bits per heavy atom. The predicted molar refractivity (Wildman–Crippen MR) is 240 cm³/mol. The molecule has 3 aromatic heterocycles. The summed E-state index contributed by atoms with van der Waals surface area (Å²) in [6.07, 6.45) is 5.51. The lowest BCUT2D eigenvalue weighted by atomic mass is 10.3. The van der Waals surface area contributed by atoms with Gasteiger partial charge < -0.3 is 72.2 Å². The number of hydrogen-bond acceptors (Lipinski definition) is 22. The third kappa shape index (κ3) is 33.8. The molecule has 0 unspecified atom stereocenters. The minimum atomic E-state index is -0.898. The quantitative estimate of drug-likeness (QED) is 0.0588. The lowest BCUT2D eigenvalue weighted by molar-refractivity contribution is -0.139. The van der Waals surface area contributed by atoms with E-state index in [0.29, 0.717) is 178 Å². The highest BCUT2D eigenvalue weighted by Gasteiger charge is 2.16. The van der Waals surface area contributed by atoms with E-state index in [0.717, 1.165) is 17.1 Å². The Kier molecular flexibility index (Phi) is 34.9. The molecule has 0 bridgehead atoms. The van der Waals surface area contributed by atoms with Gasteiger partial charge in [-0.2, -0.15) is 0 Å². The maximum Gasteiger partial charge on any atom is 0.305 e. The van der Waals surface area contributed by atoms with Crippen LogP contribution in [0.5, 0.6) is 0 Å². The number of ether oxygens (including phenoxy) is 12. The fourth-order valence-corrected chi connectivity index (χ4v) is 5.65.